The largest absolute Gasteiger partial charge is 0.394 e. The molecule has 16 nitrogen and oxygen atoms in total. The average molecular weight is 504 g/mol. The third-order valence-electron chi connectivity index (χ3n) is 6.07. The second kappa shape index (κ2) is 11.6. The van der Waals surface area contributed by atoms with Crippen LogP contribution in [0.5, 0.6) is 0 Å². The van der Waals surface area contributed by atoms with Gasteiger partial charge in [-0.1, -0.05) is 0 Å². The quantitative estimate of drug-likeness (QED) is 0.154. The maximum atomic E-state index is 10.6. The van der Waals surface area contributed by atoms with E-state index in [2.05, 4.69) is 0 Å². The minimum absolute atomic E-state index is 0.609. The zero-order valence-corrected chi connectivity index (χ0v) is 17.7. The van der Waals surface area contributed by atoms with Crippen molar-refractivity contribution < 1.29 is 79.9 Å². The van der Waals surface area contributed by atoms with Gasteiger partial charge in [0.1, 0.15) is 73.2 Å². The summed E-state index contributed by atoms with van der Waals surface area (Å²) in [5, 5.41) is 109. The van der Waals surface area contributed by atoms with Crippen LogP contribution < -0.4 is 0 Å². The predicted octanol–water partition coefficient (Wildman–Crippen LogP) is -7.57. The highest BCUT2D eigenvalue weighted by atomic mass is 16.7. The molecular weight excluding hydrogens is 472 g/mol. The summed E-state index contributed by atoms with van der Waals surface area (Å²) in [6, 6.07) is 0. The van der Waals surface area contributed by atoms with Crippen molar-refractivity contribution in [1.82, 2.24) is 0 Å². The lowest BCUT2D eigenvalue weighted by molar-refractivity contribution is -0.361. The topological polar surface area (TPSA) is 269 Å². The van der Waals surface area contributed by atoms with Crippen LogP contribution in [0, 0.1) is 0 Å². The summed E-state index contributed by atoms with van der Waals surface area (Å²) in [6.07, 6.45) is -24.9. The number of aliphatic hydroxyl groups excluding tert-OH is 11. The molecule has 3 fully saturated rings. The van der Waals surface area contributed by atoms with Crippen LogP contribution in [-0.2, 0) is 23.7 Å². The SMILES string of the molecule is OC[C@H]1O[C@@H](OC[C@@H]2O[C@@H](O)[C@@H](O)[C@H](O[C@@H]3O[C@H](CO)[C@@H](O)[C@@H](O)[C@H]3O)[C@@H]2O)[C@H](O)[C@H](O)[C@@H]1O. The third-order valence-corrected chi connectivity index (χ3v) is 6.07. The fourth-order valence-electron chi connectivity index (χ4n) is 3.94. The van der Waals surface area contributed by atoms with Gasteiger partial charge >= 0.3 is 0 Å². The zero-order valence-electron chi connectivity index (χ0n) is 17.7. The Morgan fingerprint density at radius 1 is 0.500 bits per heavy atom. The molecule has 0 unspecified atom stereocenters. The molecule has 0 amide bonds. The van der Waals surface area contributed by atoms with Crippen LogP contribution in [0.3, 0.4) is 0 Å². The van der Waals surface area contributed by atoms with Crippen LogP contribution >= 0.6 is 0 Å². The molecule has 200 valence electrons. The molecule has 16 heteroatoms. The average Bonchev–Trinajstić information content (AvgIpc) is 2.82. The van der Waals surface area contributed by atoms with Crippen molar-refractivity contribution in [2.45, 2.75) is 92.1 Å². The fourth-order valence-corrected chi connectivity index (χ4v) is 3.94. The second-order valence-electron chi connectivity index (χ2n) is 8.37. The van der Waals surface area contributed by atoms with Crippen LogP contribution in [-0.4, -0.2) is 168 Å². The smallest absolute Gasteiger partial charge is 0.187 e. The first-order chi connectivity index (χ1) is 16.0. The van der Waals surface area contributed by atoms with Gasteiger partial charge in [-0.2, -0.15) is 0 Å². The van der Waals surface area contributed by atoms with Gasteiger partial charge in [0, 0.05) is 0 Å². The normalized spacial score (nSPS) is 52.5. The Morgan fingerprint density at radius 2 is 1.00 bits per heavy atom. The zero-order chi connectivity index (χ0) is 25.3. The van der Waals surface area contributed by atoms with Gasteiger partial charge in [0.05, 0.1) is 19.8 Å². The highest BCUT2D eigenvalue weighted by Crippen LogP contribution is 2.29. The molecule has 34 heavy (non-hydrogen) atoms. The number of hydrogen-bond donors (Lipinski definition) is 11. The number of rotatable bonds is 7. The maximum Gasteiger partial charge on any atom is 0.187 e. The van der Waals surface area contributed by atoms with E-state index >= 15 is 0 Å². The van der Waals surface area contributed by atoms with Gasteiger partial charge in [0.15, 0.2) is 18.9 Å². The van der Waals surface area contributed by atoms with E-state index in [1.807, 2.05) is 0 Å². The summed E-state index contributed by atoms with van der Waals surface area (Å²) in [5.74, 6) is 0. The Labute approximate surface area is 192 Å². The number of ether oxygens (including phenoxy) is 5. The predicted molar refractivity (Wildman–Crippen MR) is 101 cm³/mol. The van der Waals surface area contributed by atoms with E-state index < -0.39 is 112 Å². The summed E-state index contributed by atoms with van der Waals surface area (Å²) in [5.41, 5.74) is 0. The Balaban J connectivity index is 1.65. The molecule has 11 N–H and O–H groups in total. The third kappa shape index (κ3) is 5.52. The fraction of sp³-hybridized carbons (Fsp3) is 1.00. The minimum Gasteiger partial charge on any atom is -0.394 e. The molecule has 0 spiro atoms. The molecule has 3 aliphatic heterocycles. The van der Waals surface area contributed by atoms with Crippen LogP contribution in [0.15, 0.2) is 0 Å². The molecule has 0 aliphatic carbocycles. The first-order valence-electron chi connectivity index (χ1n) is 10.6. The molecule has 15 atom stereocenters. The monoisotopic (exact) mass is 504 g/mol. The molecule has 3 aliphatic rings. The van der Waals surface area contributed by atoms with E-state index in [0.29, 0.717) is 0 Å². The minimum atomic E-state index is -1.93. The standard InChI is InChI=1S/C18H32O16/c19-1-4-7(21)10(24)12(26)17(32-4)30-3-6-9(23)15(14(28)16(29)31-6)34-18-13(27)11(25)8(22)5(2-20)33-18/h4-29H,1-3H2/t4-,5-,6+,7-,8-,9-,10-,11-,12-,13-,14+,15-,16-,17-,18+/m1/s1. The molecule has 0 saturated carbocycles. The van der Waals surface area contributed by atoms with E-state index in [9.17, 15) is 56.2 Å². The van der Waals surface area contributed by atoms with E-state index in [0.717, 1.165) is 0 Å². The van der Waals surface area contributed by atoms with Crippen molar-refractivity contribution in [2.24, 2.45) is 0 Å². The van der Waals surface area contributed by atoms with Crippen molar-refractivity contribution in [1.29, 1.82) is 0 Å². The Kier molecular flexibility index (Phi) is 9.54. The van der Waals surface area contributed by atoms with Crippen molar-refractivity contribution in [3.63, 3.8) is 0 Å². The molecule has 3 rings (SSSR count). The van der Waals surface area contributed by atoms with Crippen LogP contribution in [0.2, 0.25) is 0 Å². The molecule has 3 heterocycles. The summed E-state index contributed by atoms with van der Waals surface area (Å²) in [6.45, 7) is -2.06. The van der Waals surface area contributed by atoms with E-state index in [-0.39, 0.29) is 0 Å². The molecule has 0 radical (unpaired) electrons. The van der Waals surface area contributed by atoms with Gasteiger partial charge in [-0.25, -0.2) is 0 Å². The Bertz CT molecular complexity index is 637. The molecular formula is C18H32O16. The second-order valence-corrected chi connectivity index (χ2v) is 8.37. The molecule has 0 aromatic rings. The Hall–Kier alpha value is -0.640. The summed E-state index contributed by atoms with van der Waals surface area (Å²) < 4.78 is 26.1. The Morgan fingerprint density at radius 3 is 1.53 bits per heavy atom. The van der Waals surface area contributed by atoms with Crippen molar-refractivity contribution >= 4 is 0 Å². The van der Waals surface area contributed by atoms with Crippen molar-refractivity contribution in [2.75, 3.05) is 19.8 Å². The first kappa shape index (κ1) is 27.9. The van der Waals surface area contributed by atoms with E-state index in [4.69, 9.17) is 23.7 Å². The molecule has 0 aromatic heterocycles. The number of aliphatic hydroxyl groups is 11. The highest BCUT2D eigenvalue weighted by Gasteiger charge is 2.51. The van der Waals surface area contributed by atoms with E-state index in [1.54, 1.807) is 0 Å². The lowest BCUT2D eigenvalue weighted by Crippen LogP contribution is -2.65. The van der Waals surface area contributed by atoms with Crippen LogP contribution in [0.4, 0.5) is 0 Å². The van der Waals surface area contributed by atoms with E-state index in [1.165, 1.54) is 0 Å². The molecule has 0 bridgehead atoms. The molecule has 0 aromatic carbocycles. The maximum absolute atomic E-state index is 10.6. The summed E-state index contributed by atoms with van der Waals surface area (Å²) in [7, 11) is 0. The lowest BCUT2D eigenvalue weighted by atomic mass is 9.97. The van der Waals surface area contributed by atoms with Crippen LogP contribution in [0.25, 0.3) is 0 Å². The van der Waals surface area contributed by atoms with Gasteiger partial charge in [-0.3, -0.25) is 0 Å². The highest BCUT2D eigenvalue weighted by molar-refractivity contribution is 4.94. The van der Waals surface area contributed by atoms with Crippen molar-refractivity contribution in [3.05, 3.63) is 0 Å². The lowest BCUT2D eigenvalue weighted by Gasteiger charge is -2.45. The van der Waals surface area contributed by atoms with Gasteiger partial charge in [0.2, 0.25) is 0 Å². The van der Waals surface area contributed by atoms with Crippen LogP contribution in [0.1, 0.15) is 0 Å². The van der Waals surface area contributed by atoms with Crippen molar-refractivity contribution in [3.8, 4) is 0 Å². The van der Waals surface area contributed by atoms with Gasteiger partial charge in [-0.05, 0) is 0 Å². The molecule has 3 saturated heterocycles. The summed E-state index contributed by atoms with van der Waals surface area (Å²) >= 11 is 0. The van der Waals surface area contributed by atoms with Gasteiger partial charge in [-0.15, -0.1) is 0 Å². The van der Waals surface area contributed by atoms with Gasteiger partial charge in [0.25, 0.3) is 0 Å². The summed E-state index contributed by atoms with van der Waals surface area (Å²) in [4.78, 5) is 0. The number of hydrogen-bond acceptors (Lipinski definition) is 16. The van der Waals surface area contributed by atoms with Gasteiger partial charge < -0.3 is 79.9 Å². The first-order valence-corrected chi connectivity index (χ1v) is 10.6.